The van der Waals surface area contributed by atoms with E-state index in [2.05, 4.69) is 19.2 Å². The lowest BCUT2D eigenvalue weighted by atomic mass is 9.81. The lowest BCUT2D eigenvalue weighted by molar-refractivity contribution is -0.122. The summed E-state index contributed by atoms with van der Waals surface area (Å²) in [5.41, 5.74) is 7.87. The standard InChI is InChI=1S/C16H24N2O/c1-11(17)12-6-8-13(9-7-12)18-15(19)14-5-4-10-16(14,2)3/h6-9,11,14H,4-5,10,17H2,1-3H3,(H,18,19). The molecule has 1 aliphatic rings. The Morgan fingerprint density at radius 1 is 1.37 bits per heavy atom. The summed E-state index contributed by atoms with van der Waals surface area (Å²) in [4.78, 5) is 12.3. The van der Waals surface area contributed by atoms with E-state index in [9.17, 15) is 4.79 Å². The smallest absolute Gasteiger partial charge is 0.228 e. The number of hydrogen-bond acceptors (Lipinski definition) is 2. The first-order valence-corrected chi connectivity index (χ1v) is 7.06. The van der Waals surface area contributed by atoms with Crippen LogP contribution in [0.2, 0.25) is 0 Å². The van der Waals surface area contributed by atoms with Gasteiger partial charge in [-0.15, -0.1) is 0 Å². The number of carbonyl (C=O) groups is 1. The molecule has 0 heterocycles. The third kappa shape index (κ3) is 3.16. The van der Waals surface area contributed by atoms with Gasteiger partial charge in [0.05, 0.1) is 0 Å². The minimum absolute atomic E-state index is 0.0264. The van der Waals surface area contributed by atoms with Gasteiger partial charge in [0.2, 0.25) is 5.91 Å². The molecular formula is C16H24N2O. The van der Waals surface area contributed by atoms with E-state index in [1.807, 2.05) is 31.2 Å². The summed E-state index contributed by atoms with van der Waals surface area (Å²) < 4.78 is 0. The molecule has 0 bridgehead atoms. The van der Waals surface area contributed by atoms with Crippen molar-refractivity contribution < 1.29 is 4.79 Å². The molecule has 3 nitrogen and oxygen atoms in total. The zero-order chi connectivity index (χ0) is 14.0. The van der Waals surface area contributed by atoms with E-state index in [0.29, 0.717) is 0 Å². The van der Waals surface area contributed by atoms with Crippen LogP contribution in [0.25, 0.3) is 0 Å². The van der Waals surface area contributed by atoms with Gasteiger partial charge < -0.3 is 11.1 Å². The summed E-state index contributed by atoms with van der Waals surface area (Å²) in [7, 11) is 0. The van der Waals surface area contributed by atoms with Crippen LogP contribution in [0.1, 0.15) is 51.6 Å². The molecule has 3 heteroatoms. The maximum atomic E-state index is 12.3. The van der Waals surface area contributed by atoms with Crippen molar-refractivity contribution in [3.8, 4) is 0 Å². The van der Waals surface area contributed by atoms with Crippen molar-refractivity contribution in [1.29, 1.82) is 0 Å². The molecule has 2 atom stereocenters. The number of nitrogens with one attached hydrogen (secondary N) is 1. The lowest BCUT2D eigenvalue weighted by Gasteiger charge is -2.25. The molecule has 0 radical (unpaired) electrons. The van der Waals surface area contributed by atoms with Crippen LogP contribution in [0.5, 0.6) is 0 Å². The molecule has 2 unspecified atom stereocenters. The van der Waals surface area contributed by atoms with E-state index >= 15 is 0 Å². The highest BCUT2D eigenvalue weighted by Crippen LogP contribution is 2.43. The molecule has 0 saturated heterocycles. The molecule has 1 fully saturated rings. The van der Waals surface area contributed by atoms with E-state index in [1.165, 1.54) is 0 Å². The summed E-state index contributed by atoms with van der Waals surface area (Å²) in [5.74, 6) is 0.275. The van der Waals surface area contributed by atoms with Crippen molar-refractivity contribution in [2.75, 3.05) is 5.32 Å². The Hall–Kier alpha value is -1.35. The first kappa shape index (κ1) is 14.1. The number of amides is 1. The van der Waals surface area contributed by atoms with Crippen LogP contribution in [0, 0.1) is 11.3 Å². The molecule has 19 heavy (non-hydrogen) atoms. The Morgan fingerprint density at radius 3 is 2.47 bits per heavy atom. The zero-order valence-corrected chi connectivity index (χ0v) is 12.1. The van der Waals surface area contributed by atoms with Gasteiger partial charge in [-0.3, -0.25) is 4.79 Å². The minimum Gasteiger partial charge on any atom is -0.326 e. The number of nitrogens with two attached hydrogens (primary N) is 1. The van der Waals surface area contributed by atoms with Gasteiger partial charge in [0, 0.05) is 17.6 Å². The van der Waals surface area contributed by atoms with Gasteiger partial charge in [0.25, 0.3) is 0 Å². The second kappa shape index (κ2) is 5.33. The first-order chi connectivity index (χ1) is 8.90. The van der Waals surface area contributed by atoms with Crippen LogP contribution in [0.15, 0.2) is 24.3 Å². The highest BCUT2D eigenvalue weighted by atomic mass is 16.1. The van der Waals surface area contributed by atoms with Crippen LogP contribution < -0.4 is 11.1 Å². The number of anilines is 1. The fraction of sp³-hybridized carbons (Fsp3) is 0.562. The molecule has 0 aliphatic heterocycles. The molecule has 1 saturated carbocycles. The first-order valence-electron chi connectivity index (χ1n) is 7.06. The highest BCUT2D eigenvalue weighted by molar-refractivity contribution is 5.93. The Kier molecular flexibility index (Phi) is 3.95. The van der Waals surface area contributed by atoms with Crippen LogP contribution in [-0.4, -0.2) is 5.91 Å². The van der Waals surface area contributed by atoms with Crippen molar-refractivity contribution >= 4 is 11.6 Å². The average Bonchev–Trinajstić information content (AvgIpc) is 2.69. The molecule has 1 amide bonds. The Morgan fingerprint density at radius 2 is 2.00 bits per heavy atom. The zero-order valence-electron chi connectivity index (χ0n) is 12.1. The summed E-state index contributed by atoms with van der Waals surface area (Å²) in [5, 5.41) is 3.03. The Balaban J connectivity index is 2.03. The van der Waals surface area contributed by atoms with E-state index in [4.69, 9.17) is 5.73 Å². The molecule has 2 rings (SSSR count). The van der Waals surface area contributed by atoms with Crippen molar-refractivity contribution in [2.45, 2.75) is 46.1 Å². The van der Waals surface area contributed by atoms with Gasteiger partial charge in [-0.05, 0) is 42.9 Å². The predicted octanol–water partition coefficient (Wildman–Crippen LogP) is 3.47. The van der Waals surface area contributed by atoms with Crippen LogP contribution >= 0.6 is 0 Å². The SMILES string of the molecule is CC(N)c1ccc(NC(=O)C2CCCC2(C)C)cc1. The molecule has 1 aromatic rings. The van der Waals surface area contributed by atoms with E-state index in [1.54, 1.807) is 0 Å². The van der Waals surface area contributed by atoms with Gasteiger partial charge in [-0.1, -0.05) is 32.4 Å². The third-order valence-electron chi connectivity index (χ3n) is 4.28. The second-order valence-electron chi connectivity index (χ2n) is 6.33. The topological polar surface area (TPSA) is 55.1 Å². The monoisotopic (exact) mass is 260 g/mol. The molecule has 104 valence electrons. The summed E-state index contributed by atoms with van der Waals surface area (Å²) in [6.45, 7) is 6.32. The maximum absolute atomic E-state index is 12.3. The molecular weight excluding hydrogens is 236 g/mol. The van der Waals surface area contributed by atoms with E-state index in [-0.39, 0.29) is 23.3 Å². The lowest BCUT2D eigenvalue weighted by Crippen LogP contribution is -2.30. The molecule has 3 N–H and O–H groups in total. The summed E-state index contributed by atoms with van der Waals surface area (Å²) in [6, 6.07) is 7.83. The molecule has 0 spiro atoms. The summed E-state index contributed by atoms with van der Waals surface area (Å²) >= 11 is 0. The third-order valence-corrected chi connectivity index (χ3v) is 4.28. The number of carbonyl (C=O) groups excluding carboxylic acids is 1. The normalized spacial score (nSPS) is 23.1. The Bertz CT molecular complexity index is 448. The van der Waals surface area contributed by atoms with Gasteiger partial charge in [0.1, 0.15) is 0 Å². The number of benzene rings is 1. The summed E-state index contributed by atoms with van der Waals surface area (Å²) in [6.07, 6.45) is 3.28. The fourth-order valence-electron chi connectivity index (χ4n) is 2.91. The Labute approximate surface area is 115 Å². The minimum atomic E-state index is 0.0264. The quantitative estimate of drug-likeness (QED) is 0.874. The van der Waals surface area contributed by atoms with Crippen molar-refractivity contribution in [1.82, 2.24) is 0 Å². The number of hydrogen-bond donors (Lipinski definition) is 2. The predicted molar refractivity (Wildman–Crippen MR) is 78.8 cm³/mol. The molecule has 1 aliphatic carbocycles. The van der Waals surface area contributed by atoms with Crippen LogP contribution in [-0.2, 0) is 4.79 Å². The maximum Gasteiger partial charge on any atom is 0.228 e. The molecule has 0 aromatic heterocycles. The van der Waals surface area contributed by atoms with Crippen LogP contribution in [0.4, 0.5) is 5.69 Å². The largest absolute Gasteiger partial charge is 0.326 e. The highest BCUT2D eigenvalue weighted by Gasteiger charge is 2.39. The van der Waals surface area contributed by atoms with Crippen LogP contribution in [0.3, 0.4) is 0 Å². The second-order valence-corrected chi connectivity index (χ2v) is 6.33. The van der Waals surface area contributed by atoms with Gasteiger partial charge in [-0.25, -0.2) is 0 Å². The van der Waals surface area contributed by atoms with E-state index < -0.39 is 0 Å². The van der Waals surface area contributed by atoms with Crippen molar-refractivity contribution in [2.24, 2.45) is 17.1 Å². The average molecular weight is 260 g/mol. The van der Waals surface area contributed by atoms with Crippen molar-refractivity contribution in [3.05, 3.63) is 29.8 Å². The van der Waals surface area contributed by atoms with Crippen molar-refractivity contribution in [3.63, 3.8) is 0 Å². The number of rotatable bonds is 3. The fourth-order valence-corrected chi connectivity index (χ4v) is 2.91. The van der Waals surface area contributed by atoms with E-state index in [0.717, 1.165) is 30.5 Å². The van der Waals surface area contributed by atoms with Gasteiger partial charge >= 0.3 is 0 Å². The van der Waals surface area contributed by atoms with Gasteiger partial charge in [-0.2, -0.15) is 0 Å². The molecule has 1 aromatic carbocycles. The van der Waals surface area contributed by atoms with Gasteiger partial charge in [0.15, 0.2) is 0 Å².